The molecule has 1 aromatic carbocycles. The molecular weight excluding hydrogens is 299 g/mol. The maximum absolute atomic E-state index is 12.7. The van der Waals surface area contributed by atoms with Crippen LogP contribution in [0.5, 0.6) is 5.75 Å². The van der Waals surface area contributed by atoms with E-state index in [1.807, 2.05) is 0 Å². The van der Waals surface area contributed by atoms with Gasteiger partial charge < -0.3 is 9.47 Å². The number of carbonyl (C=O) groups is 1. The number of alkyl halides is 5. The van der Waals surface area contributed by atoms with Gasteiger partial charge in [-0.3, -0.25) is 4.79 Å². The standard InChI is InChI=1S/C13H13F5O3/c1-8(19)20-11(2,3)9-4-6-10(7-5-9)21-13(17,18)12(14,15)16/h4-7H,1-3H3. The lowest BCUT2D eigenvalue weighted by atomic mass is 9.98. The summed E-state index contributed by atoms with van der Waals surface area (Å²) in [5, 5.41) is 0. The number of esters is 1. The molecule has 0 unspecified atom stereocenters. The van der Waals surface area contributed by atoms with Crippen LogP contribution in [0, 0.1) is 0 Å². The number of benzene rings is 1. The Bertz CT molecular complexity index is 506. The summed E-state index contributed by atoms with van der Waals surface area (Å²) in [5.41, 5.74) is -0.628. The van der Waals surface area contributed by atoms with Crippen molar-refractivity contribution in [2.24, 2.45) is 0 Å². The highest BCUT2D eigenvalue weighted by molar-refractivity contribution is 5.66. The van der Waals surface area contributed by atoms with Crippen LogP contribution in [0.2, 0.25) is 0 Å². The molecule has 0 radical (unpaired) electrons. The fraction of sp³-hybridized carbons (Fsp3) is 0.462. The van der Waals surface area contributed by atoms with Gasteiger partial charge in [0.15, 0.2) is 0 Å². The molecule has 0 atom stereocenters. The molecule has 118 valence electrons. The zero-order valence-electron chi connectivity index (χ0n) is 11.4. The van der Waals surface area contributed by atoms with Crippen LogP contribution in [0.15, 0.2) is 24.3 Å². The van der Waals surface area contributed by atoms with Gasteiger partial charge in [0, 0.05) is 6.92 Å². The van der Waals surface area contributed by atoms with Crippen molar-refractivity contribution in [3.63, 3.8) is 0 Å². The van der Waals surface area contributed by atoms with Crippen molar-refractivity contribution in [1.29, 1.82) is 0 Å². The van der Waals surface area contributed by atoms with E-state index in [1.165, 1.54) is 19.1 Å². The zero-order chi connectivity index (χ0) is 16.5. The second-order valence-corrected chi connectivity index (χ2v) is 4.74. The Morgan fingerprint density at radius 2 is 1.48 bits per heavy atom. The number of ether oxygens (including phenoxy) is 2. The van der Waals surface area contributed by atoms with E-state index in [-0.39, 0.29) is 0 Å². The summed E-state index contributed by atoms with van der Waals surface area (Å²) in [5.74, 6) is -1.20. The van der Waals surface area contributed by atoms with Crippen molar-refractivity contribution in [3.05, 3.63) is 29.8 Å². The predicted octanol–water partition coefficient (Wildman–Crippen LogP) is 4.02. The molecule has 8 heteroatoms. The molecule has 21 heavy (non-hydrogen) atoms. The molecule has 1 rings (SSSR count). The fourth-order valence-electron chi connectivity index (χ4n) is 1.55. The van der Waals surface area contributed by atoms with Crippen molar-refractivity contribution >= 4 is 5.97 Å². The lowest BCUT2D eigenvalue weighted by molar-refractivity contribution is -0.360. The predicted molar refractivity (Wildman–Crippen MR) is 62.9 cm³/mol. The van der Waals surface area contributed by atoms with E-state index in [1.54, 1.807) is 13.8 Å². The molecule has 0 heterocycles. The molecule has 0 saturated carbocycles. The summed E-state index contributed by atoms with van der Waals surface area (Å²) in [7, 11) is 0. The molecule has 0 spiro atoms. The average molecular weight is 312 g/mol. The smallest absolute Gasteiger partial charge is 0.455 e. The van der Waals surface area contributed by atoms with Crippen LogP contribution in [-0.4, -0.2) is 18.3 Å². The zero-order valence-corrected chi connectivity index (χ0v) is 11.4. The largest absolute Gasteiger partial charge is 0.499 e. The Kier molecular flexibility index (Phi) is 4.50. The Morgan fingerprint density at radius 3 is 1.86 bits per heavy atom. The van der Waals surface area contributed by atoms with E-state index < -0.39 is 29.6 Å². The van der Waals surface area contributed by atoms with Crippen LogP contribution in [0.1, 0.15) is 26.3 Å². The molecule has 0 N–H and O–H groups in total. The van der Waals surface area contributed by atoms with Gasteiger partial charge in [0.2, 0.25) is 0 Å². The third-order valence-electron chi connectivity index (χ3n) is 2.52. The van der Waals surface area contributed by atoms with E-state index in [9.17, 15) is 26.7 Å². The summed E-state index contributed by atoms with van der Waals surface area (Å²) in [4.78, 5) is 10.9. The van der Waals surface area contributed by atoms with Gasteiger partial charge in [-0.25, -0.2) is 0 Å². The lowest BCUT2D eigenvalue weighted by Gasteiger charge is -2.25. The first-order valence-corrected chi connectivity index (χ1v) is 5.79. The maximum atomic E-state index is 12.7. The molecule has 0 aliphatic carbocycles. The highest BCUT2D eigenvalue weighted by Gasteiger charge is 2.61. The van der Waals surface area contributed by atoms with Gasteiger partial charge in [-0.05, 0) is 31.5 Å². The van der Waals surface area contributed by atoms with E-state index >= 15 is 0 Å². The maximum Gasteiger partial charge on any atom is 0.499 e. The van der Waals surface area contributed by atoms with Crippen LogP contribution in [0.4, 0.5) is 22.0 Å². The van der Waals surface area contributed by atoms with Gasteiger partial charge in [0.25, 0.3) is 0 Å². The van der Waals surface area contributed by atoms with E-state index in [0.717, 1.165) is 12.1 Å². The Balaban J connectivity index is 2.91. The highest BCUT2D eigenvalue weighted by atomic mass is 19.4. The van der Waals surface area contributed by atoms with Crippen LogP contribution in [-0.2, 0) is 15.1 Å². The van der Waals surface area contributed by atoms with Gasteiger partial charge >= 0.3 is 18.3 Å². The molecule has 0 saturated heterocycles. The number of rotatable bonds is 4. The topological polar surface area (TPSA) is 35.5 Å². The number of carbonyl (C=O) groups excluding carboxylic acids is 1. The van der Waals surface area contributed by atoms with E-state index in [0.29, 0.717) is 5.56 Å². The summed E-state index contributed by atoms with van der Waals surface area (Å²) in [6, 6.07) is 4.37. The van der Waals surface area contributed by atoms with Crippen molar-refractivity contribution in [2.45, 2.75) is 38.7 Å². The molecule has 3 nitrogen and oxygen atoms in total. The first-order chi connectivity index (χ1) is 9.35. The molecular formula is C13H13F5O3. The van der Waals surface area contributed by atoms with E-state index in [4.69, 9.17) is 4.74 Å². The minimum atomic E-state index is -5.80. The second kappa shape index (κ2) is 5.50. The lowest BCUT2D eigenvalue weighted by Crippen LogP contribution is -2.41. The van der Waals surface area contributed by atoms with Gasteiger partial charge in [-0.15, -0.1) is 0 Å². The number of halogens is 5. The minimum absolute atomic E-state index is 0.417. The van der Waals surface area contributed by atoms with Crippen molar-refractivity contribution in [1.82, 2.24) is 0 Å². The number of hydrogen-bond donors (Lipinski definition) is 0. The minimum Gasteiger partial charge on any atom is -0.455 e. The van der Waals surface area contributed by atoms with Crippen molar-refractivity contribution in [2.75, 3.05) is 0 Å². The third-order valence-corrected chi connectivity index (χ3v) is 2.52. The second-order valence-electron chi connectivity index (χ2n) is 4.74. The molecule has 0 bridgehead atoms. The van der Waals surface area contributed by atoms with Crippen LogP contribution < -0.4 is 4.74 Å². The van der Waals surface area contributed by atoms with E-state index in [2.05, 4.69) is 4.74 Å². The number of hydrogen-bond acceptors (Lipinski definition) is 3. The van der Waals surface area contributed by atoms with Crippen molar-refractivity contribution in [3.8, 4) is 5.75 Å². The Labute approximate surface area is 117 Å². The van der Waals surface area contributed by atoms with Gasteiger partial charge in [0.1, 0.15) is 11.4 Å². The molecule has 1 aromatic rings. The van der Waals surface area contributed by atoms with Gasteiger partial charge in [-0.1, -0.05) is 12.1 Å². The Morgan fingerprint density at radius 1 is 1.00 bits per heavy atom. The summed E-state index contributed by atoms with van der Waals surface area (Å²) < 4.78 is 70.1. The highest BCUT2D eigenvalue weighted by Crippen LogP contribution is 2.37. The summed E-state index contributed by atoms with van der Waals surface area (Å²) in [6.45, 7) is 4.30. The quantitative estimate of drug-likeness (QED) is 0.622. The van der Waals surface area contributed by atoms with Crippen molar-refractivity contribution < 1.29 is 36.2 Å². The van der Waals surface area contributed by atoms with Gasteiger partial charge in [0.05, 0.1) is 0 Å². The first kappa shape index (κ1) is 17.2. The summed E-state index contributed by atoms with van der Waals surface area (Å²) >= 11 is 0. The molecule has 0 aliphatic heterocycles. The normalized spacial score (nSPS) is 13.0. The fourth-order valence-corrected chi connectivity index (χ4v) is 1.55. The van der Waals surface area contributed by atoms with Gasteiger partial charge in [-0.2, -0.15) is 22.0 Å². The molecule has 0 amide bonds. The summed E-state index contributed by atoms with van der Waals surface area (Å²) in [6.07, 6.45) is -11.1. The Hall–Kier alpha value is -1.86. The molecule has 0 aromatic heterocycles. The third kappa shape index (κ3) is 4.30. The monoisotopic (exact) mass is 312 g/mol. The SMILES string of the molecule is CC(=O)OC(C)(C)c1ccc(OC(F)(F)C(F)(F)F)cc1. The van der Waals surface area contributed by atoms with Crippen LogP contribution >= 0.6 is 0 Å². The molecule has 0 fully saturated rings. The molecule has 0 aliphatic rings. The first-order valence-electron chi connectivity index (χ1n) is 5.79. The average Bonchev–Trinajstić information content (AvgIpc) is 2.25. The van der Waals surface area contributed by atoms with Crippen LogP contribution in [0.3, 0.4) is 0 Å². The van der Waals surface area contributed by atoms with Crippen LogP contribution in [0.25, 0.3) is 0 Å².